The summed E-state index contributed by atoms with van der Waals surface area (Å²) < 4.78 is 16.1. The Labute approximate surface area is 81.1 Å². The molecule has 0 saturated carbocycles. The largest absolute Gasteiger partial charge is 0.514 e. The molecule has 0 aromatic rings. The van der Waals surface area contributed by atoms with Crippen LogP contribution in [0.25, 0.3) is 0 Å². The third-order valence-corrected chi connectivity index (χ3v) is 5.25. The second-order valence-corrected chi connectivity index (χ2v) is 6.19. The van der Waals surface area contributed by atoms with Gasteiger partial charge in [-0.15, -0.1) is 0 Å². The maximum absolute atomic E-state index is 5.35. The van der Waals surface area contributed by atoms with E-state index in [1.54, 1.807) is 21.3 Å². The zero-order valence-corrected chi connectivity index (χ0v) is 9.71. The van der Waals surface area contributed by atoms with Gasteiger partial charge in [0.2, 0.25) is 0 Å². The summed E-state index contributed by atoms with van der Waals surface area (Å²) in [5.41, 5.74) is 0. The summed E-state index contributed by atoms with van der Waals surface area (Å²) in [6.45, 7) is 2.29. The quantitative estimate of drug-likeness (QED) is 0.612. The predicted octanol–water partition coefficient (Wildman–Crippen LogP) is 0.499. The molecule has 1 fully saturated rings. The molecule has 0 radical (unpaired) electrons. The van der Waals surface area contributed by atoms with Crippen LogP contribution in [0.5, 0.6) is 0 Å². The number of rotatable bonds is 5. The lowest BCUT2D eigenvalue weighted by atomic mass is 10.4. The summed E-state index contributed by atoms with van der Waals surface area (Å²) in [5.74, 6) is 0. The summed E-state index contributed by atoms with van der Waals surface area (Å²) in [4.78, 5) is 2.35. The van der Waals surface area contributed by atoms with Crippen LogP contribution >= 0.6 is 0 Å². The van der Waals surface area contributed by atoms with E-state index in [9.17, 15) is 0 Å². The first-order chi connectivity index (χ1) is 6.26. The molecule has 0 aromatic carbocycles. The molecular formula is C8H19NO3Si. The van der Waals surface area contributed by atoms with E-state index in [0.717, 1.165) is 19.3 Å². The van der Waals surface area contributed by atoms with Crippen LogP contribution in [0.15, 0.2) is 0 Å². The minimum Gasteiger partial charge on any atom is -0.376 e. The van der Waals surface area contributed by atoms with Crippen LogP contribution in [0.3, 0.4) is 0 Å². The molecule has 13 heavy (non-hydrogen) atoms. The van der Waals surface area contributed by atoms with Gasteiger partial charge in [0, 0.05) is 21.3 Å². The number of hydrogen-bond acceptors (Lipinski definition) is 4. The van der Waals surface area contributed by atoms with Gasteiger partial charge in [0.15, 0.2) is 0 Å². The van der Waals surface area contributed by atoms with Crippen molar-refractivity contribution in [2.75, 3.05) is 40.6 Å². The number of hydrogen-bond donors (Lipinski definition) is 0. The van der Waals surface area contributed by atoms with Crippen molar-refractivity contribution in [2.24, 2.45) is 0 Å². The molecule has 1 heterocycles. The highest BCUT2D eigenvalue weighted by molar-refractivity contribution is 6.60. The van der Waals surface area contributed by atoms with E-state index in [4.69, 9.17) is 13.3 Å². The Morgan fingerprint density at radius 2 is 1.46 bits per heavy atom. The average Bonchev–Trinajstić information content (AvgIpc) is 2.67. The zero-order chi connectivity index (χ0) is 9.73. The van der Waals surface area contributed by atoms with Crippen molar-refractivity contribution in [1.82, 2.24) is 4.90 Å². The van der Waals surface area contributed by atoms with Gasteiger partial charge >= 0.3 is 8.80 Å². The van der Waals surface area contributed by atoms with E-state index in [0.29, 0.717) is 0 Å². The Bertz CT molecular complexity index is 138. The van der Waals surface area contributed by atoms with Crippen molar-refractivity contribution >= 4 is 8.80 Å². The van der Waals surface area contributed by atoms with Crippen molar-refractivity contribution in [1.29, 1.82) is 0 Å². The van der Waals surface area contributed by atoms with Crippen molar-refractivity contribution in [2.45, 2.75) is 12.8 Å². The van der Waals surface area contributed by atoms with Gasteiger partial charge in [-0.25, -0.2) is 0 Å². The van der Waals surface area contributed by atoms with E-state index >= 15 is 0 Å². The first-order valence-electron chi connectivity index (χ1n) is 4.64. The van der Waals surface area contributed by atoms with Gasteiger partial charge in [0.25, 0.3) is 0 Å². The topological polar surface area (TPSA) is 30.9 Å². The van der Waals surface area contributed by atoms with Crippen LogP contribution in [0, 0.1) is 0 Å². The third kappa shape index (κ3) is 2.75. The second-order valence-electron chi connectivity index (χ2n) is 3.28. The van der Waals surface area contributed by atoms with Gasteiger partial charge < -0.3 is 13.3 Å². The van der Waals surface area contributed by atoms with Gasteiger partial charge in [0.05, 0.1) is 6.17 Å². The van der Waals surface area contributed by atoms with E-state index < -0.39 is 8.80 Å². The summed E-state index contributed by atoms with van der Waals surface area (Å²) in [6.07, 6.45) is 3.37. The summed E-state index contributed by atoms with van der Waals surface area (Å²) in [5, 5.41) is 0. The average molecular weight is 205 g/mol. The first-order valence-corrected chi connectivity index (χ1v) is 6.57. The van der Waals surface area contributed by atoms with Crippen LogP contribution in [-0.2, 0) is 13.3 Å². The van der Waals surface area contributed by atoms with Crippen molar-refractivity contribution in [3.63, 3.8) is 0 Å². The standard InChI is InChI=1S/C8H19NO3Si/c1-10-13(11-2,12-3)8-9-6-4-5-7-9/h4-8H2,1-3H3. The van der Waals surface area contributed by atoms with Crippen LogP contribution in [0.1, 0.15) is 12.8 Å². The van der Waals surface area contributed by atoms with Crippen LogP contribution in [0.4, 0.5) is 0 Å². The fourth-order valence-electron chi connectivity index (χ4n) is 1.66. The monoisotopic (exact) mass is 205 g/mol. The molecule has 1 saturated heterocycles. The molecule has 0 N–H and O–H groups in total. The fourth-order valence-corrected chi connectivity index (χ4v) is 3.41. The minimum atomic E-state index is -2.36. The highest BCUT2D eigenvalue weighted by atomic mass is 28.4. The predicted molar refractivity (Wildman–Crippen MR) is 52.5 cm³/mol. The minimum absolute atomic E-state index is 0.816. The molecule has 1 rings (SSSR count). The molecular weight excluding hydrogens is 186 g/mol. The molecule has 0 spiro atoms. The highest BCUT2D eigenvalue weighted by Gasteiger charge is 2.40. The van der Waals surface area contributed by atoms with E-state index in [1.165, 1.54) is 12.8 Å². The Hall–Kier alpha value is 0.0569. The van der Waals surface area contributed by atoms with Gasteiger partial charge in [0.1, 0.15) is 0 Å². The summed E-state index contributed by atoms with van der Waals surface area (Å²) in [7, 11) is 2.63. The van der Waals surface area contributed by atoms with Crippen LogP contribution in [-0.4, -0.2) is 54.3 Å². The molecule has 1 aliphatic rings. The fraction of sp³-hybridized carbons (Fsp3) is 1.00. The van der Waals surface area contributed by atoms with Gasteiger partial charge in [-0.1, -0.05) is 0 Å². The second kappa shape index (κ2) is 5.07. The zero-order valence-electron chi connectivity index (χ0n) is 8.71. The number of likely N-dealkylation sites (tertiary alicyclic amines) is 1. The van der Waals surface area contributed by atoms with Crippen LogP contribution < -0.4 is 0 Å². The van der Waals surface area contributed by atoms with Gasteiger partial charge in [-0.05, 0) is 25.9 Å². The van der Waals surface area contributed by atoms with E-state index in [-0.39, 0.29) is 0 Å². The van der Waals surface area contributed by atoms with Crippen molar-refractivity contribution < 1.29 is 13.3 Å². The molecule has 4 nitrogen and oxygen atoms in total. The Morgan fingerprint density at radius 1 is 1.00 bits per heavy atom. The molecule has 0 atom stereocenters. The van der Waals surface area contributed by atoms with Gasteiger partial charge in [-0.2, -0.15) is 0 Å². The lowest BCUT2D eigenvalue weighted by Gasteiger charge is -2.28. The lowest BCUT2D eigenvalue weighted by molar-refractivity contribution is 0.107. The highest BCUT2D eigenvalue weighted by Crippen LogP contribution is 2.13. The van der Waals surface area contributed by atoms with E-state index in [2.05, 4.69) is 4.90 Å². The van der Waals surface area contributed by atoms with Crippen molar-refractivity contribution in [3.05, 3.63) is 0 Å². The molecule has 0 aliphatic carbocycles. The third-order valence-electron chi connectivity index (χ3n) is 2.55. The maximum atomic E-state index is 5.35. The number of nitrogens with zero attached hydrogens (tertiary/aromatic N) is 1. The smallest absolute Gasteiger partial charge is 0.376 e. The normalized spacial score (nSPS) is 19.6. The SMILES string of the molecule is CO[Si](CN1CCCC1)(OC)OC. The Balaban J connectivity index is 2.44. The maximum Gasteiger partial charge on any atom is 0.514 e. The van der Waals surface area contributed by atoms with Gasteiger partial charge in [-0.3, -0.25) is 4.90 Å². The summed E-state index contributed by atoms with van der Waals surface area (Å²) in [6, 6.07) is 0. The lowest BCUT2D eigenvalue weighted by Crippen LogP contribution is -2.52. The molecule has 78 valence electrons. The molecule has 1 aliphatic heterocycles. The molecule has 5 heteroatoms. The Morgan fingerprint density at radius 3 is 1.85 bits per heavy atom. The molecule has 0 amide bonds. The van der Waals surface area contributed by atoms with Crippen LogP contribution in [0.2, 0.25) is 0 Å². The molecule has 0 aromatic heterocycles. The van der Waals surface area contributed by atoms with Crippen molar-refractivity contribution in [3.8, 4) is 0 Å². The first kappa shape index (κ1) is 11.1. The van der Waals surface area contributed by atoms with E-state index in [1.807, 2.05) is 0 Å². The summed E-state index contributed by atoms with van der Waals surface area (Å²) >= 11 is 0. The molecule has 0 bridgehead atoms. The molecule has 0 unspecified atom stereocenters. The Kier molecular flexibility index (Phi) is 4.34.